The van der Waals surface area contributed by atoms with Gasteiger partial charge in [-0.1, -0.05) is 6.92 Å². The molecule has 2 heterocycles. The Bertz CT molecular complexity index is 503. The van der Waals surface area contributed by atoms with Crippen LogP contribution in [-0.2, 0) is 19.4 Å². The second kappa shape index (κ2) is 6.82. The molecule has 0 spiro atoms. The van der Waals surface area contributed by atoms with Crippen molar-refractivity contribution in [2.45, 2.75) is 46.2 Å². The predicted molar refractivity (Wildman–Crippen MR) is 79.6 cm³/mol. The number of imidazole rings is 1. The fourth-order valence-electron chi connectivity index (χ4n) is 2.12. The molecule has 0 aromatic carbocycles. The minimum Gasteiger partial charge on any atom is -0.333 e. The zero-order valence-electron chi connectivity index (χ0n) is 11.9. The maximum absolute atomic E-state index is 4.47. The summed E-state index contributed by atoms with van der Waals surface area (Å²) in [6, 6.07) is 0.445. The molecule has 0 aliphatic heterocycles. The van der Waals surface area contributed by atoms with Crippen molar-refractivity contribution < 1.29 is 0 Å². The van der Waals surface area contributed by atoms with Crippen LogP contribution < -0.4 is 5.32 Å². The van der Waals surface area contributed by atoms with Crippen LogP contribution in [0.4, 0.5) is 0 Å². The van der Waals surface area contributed by atoms with Crippen molar-refractivity contribution in [1.82, 2.24) is 19.9 Å². The molecule has 1 atom stereocenters. The van der Waals surface area contributed by atoms with Crippen LogP contribution in [-0.4, -0.2) is 27.1 Å². The Labute approximate surface area is 118 Å². The second-order valence-electron chi connectivity index (χ2n) is 4.84. The first-order valence-corrected chi connectivity index (χ1v) is 7.71. The highest BCUT2D eigenvalue weighted by Gasteiger charge is 2.06. The molecular formula is C14H22N4S. The SMILES string of the molecule is CCc1nccn1C[C@H](C)NCCc1nc(C)cs1. The van der Waals surface area contributed by atoms with E-state index in [9.17, 15) is 0 Å². The van der Waals surface area contributed by atoms with Gasteiger partial charge in [0.25, 0.3) is 0 Å². The largest absolute Gasteiger partial charge is 0.333 e. The molecule has 4 nitrogen and oxygen atoms in total. The summed E-state index contributed by atoms with van der Waals surface area (Å²) in [5.41, 5.74) is 1.12. The number of aryl methyl sites for hydroxylation is 2. The maximum Gasteiger partial charge on any atom is 0.108 e. The normalized spacial score (nSPS) is 12.8. The Balaban J connectivity index is 1.74. The lowest BCUT2D eigenvalue weighted by Gasteiger charge is -2.15. The van der Waals surface area contributed by atoms with Crippen molar-refractivity contribution >= 4 is 11.3 Å². The van der Waals surface area contributed by atoms with E-state index < -0.39 is 0 Å². The molecule has 1 N–H and O–H groups in total. The van der Waals surface area contributed by atoms with E-state index in [1.165, 1.54) is 5.01 Å². The van der Waals surface area contributed by atoms with Gasteiger partial charge in [0.05, 0.1) is 5.01 Å². The summed E-state index contributed by atoms with van der Waals surface area (Å²) in [5.74, 6) is 1.16. The monoisotopic (exact) mass is 278 g/mol. The predicted octanol–water partition coefficient (Wildman–Crippen LogP) is 2.43. The lowest BCUT2D eigenvalue weighted by atomic mass is 10.3. The summed E-state index contributed by atoms with van der Waals surface area (Å²) in [7, 11) is 0. The Morgan fingerprint density at radius 3 is 3.00 bits per heavy atom. The van der Waals surface area contributed by atoms with E-state index in [0.29, 0.717) is 6.04 Å². The van der Waals surface area contributed by atoms with Crippen LogP contribution in [0.1, 0.15) is 30.4 Å². The number of hydrogen-bond acceptors (Lipinski definition) is 4. The standard InChI is InChI=1S/C14H22N4S/c1-4-13-16-7-8-18(13)9-11(2)15-6-5-14-17-12(3)10-19-14/h7-8,10-11,15H,4-6,9H2,1-3H3/t11-/m0/s1. The van der Waals surface area contributed by atoms with Crippen LogP contribution in [0, 0.1) is 6.92 Å². The first-order chi connectivity index (χ1) is 9.19. The summed E-state index contributed by atoms with van der Waals surface area (Å²) >= 11 is 1.75. The molecule has 0 unspecified atom stereocenters. The van der Waals surface area contributed by atoms with Crippen molar-refractivity contribution in [2.24, 2.45) is 0 Å². The van der Waals surface area contributed by atoms with E-state index in [0.717, 1.165) is 37.4 Å². The molecule has 0 radical (unpaired) electrons. The molecular weight excluding hydrogens is 256 g/mol. The average Bonchev–Trinajstić information content (AvgIpc) is 2.98. The van der Waals surface area contributed by atoms with Gasteiger partial charge in [-0.15, -0.1) is 11.3 Å². The summed E-state index contributed by atoms with van der Waals surface area (Å²) in [6.45, 7) is 8.35. The van der Waals surface area contributed by atoms with Gasteiger partial charge in [-0.2, -0.15) is 0 Å². The summed E-state index contributed by atoms with van der Waals surface area (Å²) < 4.78 is 2.23. The zero-order chi connectivity index (χ0) is 13.7. The number of aromatic nitrogens is 3. The smallest absolute Gasteiger partial charge is 0.108 e. The van der Waals surface area contributed by atoms with Gasteiger partial charge in [0.15, 0.2) is 0 Å². The van der Waals surface area contributed by atoms with Crippen molar-refractivity contribution in [3.63, 3.8) is 0 Å². The van der Waals surface area contributed by atoms with Crippen LogP contribution in [0.15, 0.2) is 17.8 Å². The first-order valence-electron chi connectivity index (χ1n) is 6.83. The minimum absolute atomic E-state index is 0.445. The number of rotatable bonds is 7. The molecule has 0 saturated heterocycles. The molecule has 0 aliphatic rings. The van der Waals surface area contributed by atoms with E-state index in [1.54, 1.807) is 11.3 Å². The van der Waals surface area contributed by atoms with Gasteiger partial charge in [0.1, 0.15) is 5.82 Å². The summed E-state index contributed by atoms with van der Waals surface area (Å²) in [4.78, 5) is 8.82. The quantitative estimate of drug-likeness (QED) is 0.846. The second-order valence-corrected chi connectivity index (χ2v) is 5.78. The van der Waals surface area contributed by atoms with Gasteiger partial charge in [-0.25, -0.2) is 9.97 Å². The molecule has 2 aromatic heterocycles. The molecule has 0 fully saturated rings. The van der Waals surface area contributed by atoms with Gasteiger partial charge < -0.3 is 9.88 Å². The van der Waals surface area contributed by atoms with Crippen LogP contribution in [0.25, 0.3) is 0 Å². The third-order valence-electron chi connectivity index (χ3n) is 3.09. The Morgan fingerprint density at radius 2 is 2.32 bits per heavy atom. The minimum atomic E-state index is 0.445. The van der Waals surface area contributed by atoms with Gasteiger partial charge in [0, 0.05) is 55.4 Å². The summed E-state index contributed by atoms with van der Waals surface area (Å²) in [5, 5.41) is 6.87. The number of thiazole rings is 1. The molecule has 0 saturated carbocycles. The van der Waals surface area contributed by atoms with E-state index in [4.69, 9.17) is 0 Å². The van der Waals surface area contributed by atoms with Crippen molar-refractivity contribution in [1.29, 1.82) is 0 Å². The lowest BCUT2D eigenvalue weighted by Crippen LogP contribution is -2.32. The third kappa shape index (κ3) is 4.14. The highest BCUT2D eigenvalue weighted by Crippen LogP contribution is 2.08. The van der Waals surface area contributed by atoms with Gasteiger partial charge in [-0.05, 0) is 13.8 Å². The lowest BCUT2D eigenvalue weighted by molar-refractivity contribution is 0.471. The average molecular weight is 278 g/mol. The fraction of sp³-hybridized carbons (Fsp3) is 0.571. The summed E-state index contributed by atoms with van der Waals surface area (Å²) in [6.07, 6.45) is 5.93. The van der Waals surface area contributed by atoms with E-state index in [1.807, 2.05) is 13.1 Å². The number of hydrogen-bond donors (Lipinski definition) is 1. The molecule has 0 amide bonds. The molecule has 104 valence electrons. The molecule has 2 aromatic rings. The molecule has 0 aliphatic carbocycles. The van der Waals surface area contributed by atoms with Crippen molar-refractivity contribution in [3.8, 4) is 0 Å². The van der Waals surface area contributed by atoms with Gasteiger partial charge in [-0.3, -0.25) is 0 Å². The fourth-order valence-corrected chi connectivity index (χ4v) is 2.90. The molecule has 19 heavy (non-hydrogen) atoms. The van der Waals surface area contributed by atoms with E-state index in [2.05, 4.69) is 45.3 Å². The number of nitrogens with one attached hydrogen (secondary N) is 1. The van der Waals surface area contributed by atoms with Crippen molar-refractivity contribution in [2.75, 3.05) is 6.54 Å². The van der Waals surface area contributed by atoms with Crippen LogP contribution in [0.3, 0.4) is 0 Å². The molecule has 2 rings (SSSR count). The third-order valence-corrected chi connectivity index (χ3v) is 4.11. The first kappa shape index (κ1) is 14.2. The Morgan fingerprint density at radius 1 is 1.47 bits per heavy atom. The van der Waals surface area contributed by atoms with Gasteiger partial charge in [0.2, 0.25) is 0 Å². The van der Waals surface area contributed by atoms with Crippen LogP contribution in [0.5, 0.6) is 0 Å². The Hall–Kier alpha value is -1.20. The van der Waals surface area contributed by atoms with Crippen molar-refractivity contribution in [3.05, 3.63) is 34.3 Å². The topological polar surface area (TPSA) is 42.7 Å². The van der Waals surface area contributed by atoms with Crippen LogP contribution >= 0.6 is 11.3 Å². The molecule has 0 bridgehead atoms. The van der Waals surface area contributed by atoms with E-state index >= 15 is 0 Å². The Kier molecular flexibility index (Phi) is 5.10. The molecule has 5 heteroatoms. The van der Waals surface area contributed by atoms with Crippen LogP contribution in [0.2, 0.25) is 0 Å². The zero-order valence-corrected chi connectivity index (χ0v) is 12.7. The van der Waals surface area contributed by atoms with Gasteiger partial charge >= 0.3 is 0 Å². The van der Waals surface area contributed by atoms with E-state index in [-0.39, 0.29) is 0 Å². The maximum atomic E-state index is 4.47. The number of nitrogens with zero attached hydrogens (tertiary/aromatic N) is 3. The highest BCUT2D eigenvalue weighted by atomic mass is 32.1. The highest BCUT2D eigenvalue weighted by molar-refractivity contribution is 7.09.